The van der Waals surface area contributed by atoms with Crippen LogP contribution in [0.3, 0.4) is 0 Å². The Bertz CT molecular complexity index is 1500. The average molecular weight is 696 g/mol. The van der Waals surface area contributed by atoms with Gasteiger partial charge in [0.25, 0.3) is 0 Å². The van der Waals surface area contributed by atoms with E-state index < -0.39 is 44.1 Å². The maximum atomic E-state index is 13.5. The van der Waals surface area contributed by atoms with Gasteiger partial charge in [0.15, 0.2) is 12.6 Å². The Morgan fingerprint density at radius 3 is 2.47 bits per heavy atom. The number of rotatable bonds is 18. The van der Waals surface area contributed by atoms with E-state index in [2.05, 4.69) is 29.7 Å². The number of nitrogens with zero attached hydrogens (tertiary/aromatic N) is 3. The van der Waals surface area contributed by atoms with Gasteiger partial charge in [0, 0.05) is 32.2 Å². The van der Waals surface area contributed by atoms with Crippen molar-refractivity contribution >= 4 is 26.1 Å². The molecule has 0 radical (unpaired) electrons. The summed E-state index contributed by atoms with van der Waals surface area (Å²) in [6.45, 7) is 12.3. The van der Waals surface area contributed by atoms with Gasteiger partial charge in [0.05, 0.1) is 25.4 Å². The van der Waals surface area contributed by atoms with Crippen molar-refractivity contribution in [3.8, 4) is 11.5 Å². The molecule has 0 spiro atoms. The van der Waals surface area contributed by atoms with Gasteiger partial charge in [-0.2, -0.15) is 0 Å². The fourth-order valence-electron chi connectivity index (χ4n) is 5.02. The van der Waals surface area contributed by atoms with Crippen LogP contribution in [-0.4, -0.2) is 77.8 Å². The monoisotopic (exact) mass is 695 g/mol. The smallest absolute Gasteiger partial charge is 0.342 e. The van der Waals surface area contributed by atoms with Crippen LogP contribution in [0.1, 0.15) is 59.9 Å². The number of ether oxygens (including phenoxy) is 7. The first kappa shape index (κ1) is 39.3. The summed E-state index contributed by atoms with van der Waals surface area (Å²) in [7, 11) is 1.58. The van der Waals surface area contributed by atoms with E-state index in [0.717, 1.165) is 6.04 Å². The van der Waals surface area contributed by atoms with E-state index in [0.29, 0.717) is 36.3 Å². The first-order chi connectivity index (χ1) is 23.3. The van der Waals surface area contributed by atoms with Crippen LogP contribution < -0.4 is 9.47 Å². The van der Waals surface area contributed by atoms with E-state index in [4.69, 9.17) is 38.7 Å². The van der Waals surface area contributed by atoms with E-state index in [1.807, 2.05) is 18.2 Å². The van der Waals surface area contributed by atoms with Crippen LogP contribution in [0.25, 0.3) is 16.5 Å². The molecule has 49 heavy (non-hydrogen) atoms. The van der Waals surface area contributed by atoms with Crippen LogP contribution in [0.5, 0.6) is 11.5 Å². The van der Waals surface area contributed by atoms with Crippen LogP contribution >= 0.6 is 0 Å². The molecule has 0 aliphatic carbocycles. The minimum Gasteiger partial charge on any atom is -0.497 e. The zero-order chi connectivity index (χ0) is 36.0. The van der Waals surface area contributed by atoms with E-state index in [1.165, 1.54) is 14.2 Å². The number of azide groups is 1. The van der Waals surface area contributed by atoms with Gasteiger partial charge in [0.2, 0.25) is 0 Å². The molecule has 1 aliphatic rings. The Morgan fingerprint density at radius 2 is 1.82 bits per heavy atom. The van der Waals surface area contributed by atoms with Crippen molar-refractivity contribution in [3.63, 3.8) is 0 Å². The van der Waals surface area contributed by atoms with Crippen LogP contribution in [-0.2, 0) is 23.7 Å². The summed E-state index contributed by atoms with van der Waals surface area (Å²) in [5.74, 6) is -1.25. The number of carbonyl (C=O) groups excluding carboxylic acids is 2. The summed E-state index contributed by atoms with van der Waals surface area (Å²) in [5, 5.41) is 3.72. The number of esters is 2. The Labute approximate surface area is 289 Å². The molecule has 1 heterocycles. The van der Waals surface area contributed by atoms with Crippen molar-refractivity contribution in [2.45, 2.75) is 89.4 Å². The third-order valence-electron chi connectivity index (χ3n) is 7.48. The summed E-state index contributed by atoms with van der Waals surface area (Å²) in [5.41, 5.74) is 9.96. The number of hydrogen-bond donors (Lipinski definition) is 0. The van der Waals surface area contributed by atoms with Crippen LogP contribution in [0.15, 0.2) is 65.8 Å². The molecule has 12 nitrogen and oxygen atoms in total. The van der Waals surface area contributed by atoms with Gasteiger partial charge in [-0.3, -0.25) is 0 Å². The summed E-state index contributed by atoms with van der Waals surface area (Å²) in [4.78, 5) is 29.5. The highest BCUT2D eigenvalue weighted by molar-refractivity contribution is 6.76. The first-order valence-corrected chi connectivity index (χ1v) is 20.0. The Balaban J connectivity index is 1.93. The lowest BCUT2D eigenvalue weighted by Gasteiger charge is -2.24. The predicted octanol–water partition coefficient (Wildman–Crippen LogP) is 7.97. The van der Waals surface area contributed by atoms with Crippen molar-refractivity contribution < 1.29 is 42.7 Å². The molecule has 0 bridgehead atoms. The SMILES string of the molecule is COCOc1cc(OC)cc(C=CCC2OC(C)(C)OC2C(C=CC[C@H](C)N=[N+]=[N-])OC(=O)c2ccccc2)c1C(=O)OCC[Si](C)(C)C. The normalized spacial score (nSPS) is 18.5. The zero-order valence-corrected chi connectivity index (χ0v) is 30.7. The van der Waals surface area contributed by atoms with Gasteiger partial charge >= 0.3 is 11.9 Å². The lowest BCUT2D eigenvalue weighted by molar-refractivity contribution is -0.152. The highest BCUT2D eigenvalue weighted by Crippen LogP contribution is 2.35. The first-order valence-electron chi connectivity index (χ1n) is 16.3. The van der Waals surface area contributed by atoms with Crippen LogP contribution in [0.2, 0.25) is 25.7 Å². The van der Waals surface area contributed by atoms with E-state index >= 15 is 0 Å². The van der Waals surface area contributed by atoms with Gasteiger partial charge in [-0.15, -0.1) is 0 Å². The standard InChI is InChI=1S/C36H49N3O9Si/c1-25(38-39-37)14-12-18-29(46-34(40)26-15-10-9-11-16-26)33-30(47-36(2,3)48-33)19-13-17-27-22-28(43-5)23-31(45-24-42-4)32(27)35(41)44-20-21-49(6,7)8/h9-13,15-18,22-23,25,29-30,33H,14,19-21,24H2,1-8H3/t25-,29?,30?,33?/m0/s1. The zero-order valence-electron chi connectivity index (χ0n) is 29.7. The molecule has 2 aromatic carbocycles. The summed E-state index contributed by atoms with van der Waals surface area (Å²) in [6, 6.07) is 12.6. The van der Waals surface area contributed by atoms with Crippen LogP contribution in [0.4, 0.5) is 0 Å². The maximum absolute atomic E-state index is 13.5. The second-order valence-electron chi connectivity index (χ2n) is 13.3. The Kier molecular flexibility index (Phi) is 14.9. The Morgan fingerprint density at radius 1 is 1.08 bits per heavy atom. The van der Waals surface area contributed by atoms with Gasteiger partial charge in [-0.05, 0) is 68.1 Å². The molecule has 0 saturated carbocycles. The molecule has 13 heteroatoms. The molecule has 266 valence electrons. The van der Waals surface area contributed by atoms with Gasteiger partial charge in [-0.25, -0.2) is 9.59 Å². The summed E-state index contributed by atoms with van der Waals surface area (Å²) < 4.78 is 40.7. The van der Waals surface area contributed by atoms with Gasteiger partial charge in [0.1, 0.15) is 29.3 Å². The van der Waals surface area contributed by atoms with Crippen molar-refractivity contribution in [1.82, 2.24) is 0 Å². The topological polar surface area (TPSA) is 148 Å². The van der Waals surface area contributed by atoms with Gasteiger partial charge < -0.3 is 33.2 Å². The minimum absolute atomic E-state index is 0.0756. The third kappa shape index (κ3) is 12.7. The molecule has 3 unspecified atom stereocenters. The fourth-order valence-corrected chi connectivity index (χ4v) is 5.73. The number of carbonyl (C=O) groups is 2. The quantitative estimate of drug-likeness (QED) is 0.0288. The minimum atomic E-state index is -1.44. The van der Waals surface area contributed by atoms with E-state index in [9.17, 15) is 9.59 Å². The largest absolute Gasteiger partial charge is 0.497 e. The molecular weight excluding hydrogens is 646 g/mol. The third-order valence-corrected chi connectivity index (χ3v) is 9.18. The van der Waals surface area contributed by atoms with Crippen LogP contribution in [0, 0.1) is 0 Å². The molecule has 0 amide bonds. The summed E-state index contributed by atoms with van der Waals surface area (Å²) >= 11 is 0. The van der Waals surface area contributed by atoms with Crippen molar-refractivity contribution in [2.24, 2.45) is 5.11 Å². The highest BCUT2D eigenvalue weighted by Gasteiger charge is 2.45. The molecule has 4 atom stereocenters. The Hall–Kier alpha value is -4.13. The number of methoxy groups -OCH3 is 2. The number of benzene rings is 2. The predicted molar refractivity (Wildman–Crippen MR) is 189 cm³/mol. The number of hydrogen-bond acceptors (Lipinski definition) is 10. The van der Waals surface area contributed by atoms with Crippen molar-refractivity contribution in [1.29, 1.82) is 0 Å². The fraction of sp³-hybridized carbons (Fsp3) is 0.500. The molecule has 0 aromatic heterocycles. The van der Waals surface area contributed by atoms with Crippen molar-refractivity contribution in [3.05, 3.63) is 87.8 Å². The van der Waals surface area contributed by atoms with E-state index in [1.54, 1.807) is 69.3 Å². The summed E-state index contributed by atoms with van der Waals surface area (Å²) in [6.07, 6.45) is 5.92. The second-order valence-corrected chi connectivity index (χ2v) is 18.9. The second kappa shape index (κ2) is 18.6. The lowest BCUT2D eigenvalue weighted by atomic mass is 10.0. The van der Waals surface area contributed by atoms with Crippen molar-refractivity contribution in [2.75, 3.05) is 27.6 Å². The molecule has 2 aromatic rings. The lowest BCUT2D eigenvalue weighted by Crippen LogP contribution is -2.37. The molecule has 1 saturated heterocycles. The molecule has 1 fully saturated rings. The average Bonchev–Trinajstić information content (AvgIpc) is 3.36. The molecule has 0 N–H and O–H groups in total. The molecule has 3 rings (SSSR count). The van der Waals surface area contributed by atoms with E-state index in [-0.39, 0.29) is 24.1 Å². The molecular formula is C36H49N3O9Si. The highest BCUT2D eigenvalue weighted by atomic mass is 28.3. The molecule has 1 aliphatic heterocycles. The maximum Gasteiger partial charge on any atom is 0.342 e. The van der Waals surface area contributed by atoms with Gasteiger partial charge in [-0.1, -0.05) is 68.1 Å².